The molecule has 1 unspecified atom stereocenters. The molecule has 0 spiro atoms. The van der Waals surface area contributed by atoms with Crippen LogP contribution in [0.1, 0.15) is 31.3 Å². The molecule has 158 valence electrons. The monoisotopic (exact) mass is 448 g/mol. The van der Waals surface area contributed by atoms with Crippen LogP contribution in [0, 0.1) is 12.7 Å². The molecule has 3 rings (SSSR count). The zero-order valence-electron chi connectivity index (χ0n) is 16.9. The van der Waals surface area contributed by atoms with Crippen LogP contribution in [-0.2, 0) is 11.3 Å². The van der Waals surface area contributed by atoms with Gasteiger partial charge in [-0.3, -0.25) is 4.79 Å². The standard InChI is InChI=1S/C21H22ClFN4O2S/c1-4-27-20(14(3)29-18-11-13(2)5-10-17(18)22)25-26-21(27)30-12-19(28)24-16-8-6-15(23)7-9-16/h5-11,14H,4,12H2,1-3H3,(H,24,28). The molecule has 1 atom stereocenters. The van der Waals surface area contributed by atoms with Crippen molar-refractivity contribution in [2.45, 2.75) is 38.6 Å². The first-order valence-corrected chi connectivity index (χ1v) is 10.8. The molecule has 3 aromatic rings. The van der Waals surface area contributed by atoms with Crippen LogP contribution < -0.4 is 10.1 Å². The molecular formula is C21H22ClFN4O2S. The van der Waals surface area contributed by atoms with Gasteiger partial charge in [-0.1, -0.05) is 29.4 Å². The van der Waals surface area contributed by atoms with Gasteiger partial charge in [0.05, 0.1) is 10.8 Å². The predicted molar refractivity (Wildman–Crippen MR) is 117 cm³/mol. The fraction of sp³-hybridized carbons (Fsp3) is 0.286. The number of carbonyl (C=O) groups is 1. The van der Waals surface area contributed by atoms with Gasteiger partial charge in [-0.15, -0.1) is 10.2 Å². The number of nitrogens with one attached hydrogen (secondary N) is 1. The first-order valence-electron chi connectivity index (χ1n) is 9.41. The summed E-state index contributed by atoms with van der Waals surface area (Å²) in [4.78, 5) is 12.2. The number of halogens is 2. The van der Waals surface area contributed by atoms with Crippen molar-refractivity contribution in [1.29, 1.82) is 0 Å². The molecule has 0 bridgehead atoms. The Kier molecular flexibility index (Phi) is 7.33. The second-order valence-electron chi connectivity index (χ2n) is 6.62. The number of benzene rings is 2. The molecular weight excluding hydrogens is 427 g/mol. The lowest BCUT2D eigenvalue weighted by Gasteiger charge is -2.16. The van der Waals surface area contributed by atoms with E-state index in [0.29, 0.717) is 34.0 Å². The number of ether oxygens (including phenoxy) is 1. The van der Waals surface area contributed by atoms with Crippen LogP contribution in [0.4, 0.5) is 10.1 Å². The third kappa shape index (κ3) is 5.52. The molecule has 0 radical (unpaired) electrons. The zero-order chi connectivity index (χ0) is 21.7. The molecule has 1 amide bonds. The van der Waals surface area contributed by atoms with Crippen LogP contribution in [0.3, 0.4) is 0 Å². The number of aryl methyl sites for hydroxylation is 1. The number of carbonyl (C=O) groups excluding carboxylic acids is 1. The van der Waals surface area contributed by atoms with Crippen molar-refractivity contribution in [2.75, 3.05) is 11.1 Å². The van der Waals surface area contributed by atoms with E-state index in [1.165, 1.54) is 36.0 Å². The van der Waals surface area contributed by atoms with Gasteiger partial charge in [0.15, 0.2) is 17.1 Å². The molecule has 0 aliphatic heterocycles. The number of aromatic nitrogens is 3. The summed E-state index contributed by atoms with van der Waals surface area (Å²) < 4.78 is 20.9. The number of rotatable bonds is 8. The summed E-state index contributed by atoms with van der Waals surface area (Å²) in [6, 6.07) is 11.2. The van der Waals surface area contributed by atoms with Crippen molar-refractivity contribution in [1.82, 2.24) is 14.8 Å². The van der Waals surface area contributed by atoms with Crippen LogP contribution in [0.25, 0.3) is 0 Å². The molecule has 0 saturated heterocycles. The number of amides is 1. The van der Waals surface area contributed by atoms with Gasteiger partial charge < -0.3 is 14.6 Å². The van der Waals surface area contributed by atoms with Crippen LogP contribution in [0.15, 0.2) is 47.6 Å². The van der Waals surface area contributed by atoms with Crippen LogP contribution in [0.2, 0.25) is 5.02 Å². The second kappa shape index (κ2) is 9.95. The molecule has 0 saturated carbocycles. The molecule has 0 aliphatic carbocycles. The van der Waals surface area contributed by atoms with Crippen molar-refractivity contribution < 1.29 is 13.9 Å². The van der Waals surface area contributed by atoms with E-state index in [1.54, 1.807) is 6.07 Å². The Balaban J connectivity index is 1.65. The average molecular weight is 449 g/mol. The van der Waals surface area contributed by atoms with Crippen molar-refractivity contribution >= 4 is 35.0 Å². The molecule has 1 aromatic heterocycles. The van der Waals surface area contributed by atoms with E-state index >= 15 is 0 Å². The maximum atomic E-state index is 13.0. The van der Waals surface area contributed by atoms with Gasteiger partial charge in [0.1, 0.15) is 11.6 Å². The van der Waals surface area contributed by atoms with Crippen LogP contribution >= 0.6 is 23.4 Å². The summed E-state index contributed by atoms with van der Waals surface area (Å²) in [5.74, 6) is 0.817. The Morgan fingerprint density at radius 3 is 2.70 bits per heavy atom. The summed E-state index contributed by atoms with van der Waals surface area (Å²) in [5, 5.41) is 12.3. The summed E-state index contributed by atoms with van der Waals surface area (Å²) in [6.45, 7) is 6.44. The highest BCUT2D eigenvalue weighted by Gasteiger charge is 2.20. The molecule has 0 aliphatic rings. The summed E-state index contributed by atoms with van der Waals surface area (Å²) in [5.41, 5.74) is 1.58. The zero-order valence-corrected chi connectivity index (χ0v) is 18.4. The van der Waals surface area contributed by atoms with Gasteiger partial charge in [-0.25, -0.2) is 4.39 Å². The lowest BCUT2D eigenvalue weighted by Crippen LogP contribution is -2.15. The van der Waals surface area contributed by atoms with Gasteiger partial charge in [-0.05, 0) is 62.7 Å². The summed E-state index contributed by atoms with van der Waals surface area (Å²) >= 11 is 7.50. The fourth-order valence-corrected chi connectivity index (χ4v) is 3.78. The van der Waals surface area contributed by atoms with Crippen LogP contribution in [-0.4, -0.2) is 26.4 Å². The molecule has 9 heteroatoms. The van der Waals surface area contributed by atoms with Gasteiger partial charge in [0.2, 0.25) is 5.91 Å². The Morgan fingerprint density at radius 2 is 2.00 bits per heavy atom. The fourth-order valence-electron chi connectivity index (χ4n) is 2.81. The van der Waals surface area contributed by atoms with E-state index in [4.69, 9.17) is 16.3 Å². The van der Waals surface area contributed by atoms with Gasteiger partial charge in [0.25, 0.3) is 0 Å². The number of anilines is 1. The maximum absolute atomic E-state index is 13.0. The largest absolute Gasteiger partial charge is 0.481 e. The number of nitrogens with zero attached hydrogens (tertiary/aromatic N) is 3. The lowest BCUT2D eigenvalue weighted by molar-refractivity contribution is -0.113. The van der Waals surface area contributed by atoms with E-state index in [1.807, 2.05) is 37.5 Å². The highest BCUT2D eigenvalue weighted by atomic mass is 35.5. The van der Waals surface area contributed by atoms with Crippen molar-refractivity contribution in [3.05, 3.63) is 64.7 Å². The maximum Gasteiger partial charge on any atom is 0.234 e. The second-order valence-corrected chi connectivity index (χ2v) is 7.97. The topological polar surface area (TPSA) is 69.0 Å². The van der Waals surface area contributed by atoms with Crippen molar-refractivity contribution in [3.8, 4) is 5.75 Å². The smallest absolute Gasteiger partial charge is 0.234 e. The van der Waals surface area contributed by atoms with Crippen molar-refractivity contribution in [2.24, 2.45) is 0 Å². The molecule has 0 fully saturated rings. The van der Waals surface area contributed by atoms with Crippen molar-refractivity contribution in [3.63, 3.8) is 0 Å². The normalized spacial score (nSPS) is 11.9. The number of thioether (sulfide) groups is 1. The third-order valence-electron chi connectivity index (χ3n) is 4.28. The van der Waals surface area contributed by atoms with E-state index in [-0.39, 0.29) is 23.6 Å². The molecule has 30 heavy (non-hydrogen) atoms. The minimum atomic E-state index is -0.376. The SMILES string of the molecule is CCn1c(SCC(=O)Nc2ccc(F)cc2)nnc1C(C)Oc1cc(C)ccc1Cl. The summed E-state index contributed by atoms with van der Waals surface area (Å²) in [6.07, 6.45) is -0.376. The summed E-state index contributed by atoms with van der Waals surface area (Å²) in [7, 11) is 0. The molecule has 1 N–H and O–H groups in total. The first-order chi connectivity index (χ1) is 14.4. The highest BCUT2D eigenvalue weighted by molar-refractivity contribution is 7.99. The quantitative estimate of drug-likeness (QED) is 0.475. The van der Waals surface area contributed by atoms with E-state index < -0.39 is 0 Å². The Hall–Kier alpha value is -2.58. The molecule has 6 nitrogen and oxygen atoms in total. The van der Waals surface area contributed by atoms with Crippen LogP contribution in [0.5, 0.6) is 5.75 Å². The molecule has 2 aromatic carbocycles. The Morgan fingerprint density at radius 1 is 1.27 bits per heavy atom. The van der Waals surface area contributed by atoms with Gasteiger partial charge >= 0.3 is 0 Å². The van der Waals surface area contributed by atoms with Gasteiger partial charge in [-0.2, -0.15) is 0 Å². The number of hydrogen-bond acceptors (Lipinski definition) is 5. The van der Waals surface area contributed by atoms with E-state index in [0.717, 1.165) is 5.56 Å². The minimum absolute atomic E-state index is 0.147. The Bertz CT molecular complexity index is 1030. The predicted octanol–water partition coefficient (Wildman–Crippen LogP) is 5.27. The lowest BCUT2D eigenvalue weighted by atomic mass is 10.2. The number of hydrogen-bond donors (Lipinski definition) is 1. The minimum Gasteiger partial charge on any atom is -0.481 e. The molecule has 1 heterocycles. The Labute approximate surface area is 183 Å². The van der Waals surface area contributed by atoms with E-state index in [2.05, 4.69) is 15.5 Å². The van der Waals surface area contributed by atoms with Gasteiger partial charge in [0, 0.05) is 12.2 Å². The van der Waals surface area contributed by atoms with E-state index in [9.17, 15) is 9.18 Å². The first kappa shape index (κ1) is 22.1. The third-order valence-corrected chi connectivity index (χ3v) is 5.56. The highest BCUT2D eigenvalue weighted by Crippen LogP contribution is 2.30. The average Bonchev–Trinajstić information content (AvgIpc) is 3.14.